The Balaban J connectivity index is 0.00000100. The van der Waals surface area contributed by atoms with Crippen LogP contribution in [0.5, 0.6) is 11.5 Å². The van der Waals surface area contributed by atoms with Gasteiger partial charge in [-0.1, -0.05) is 76.7 Å². The zero-order valence-electron chi connectivity index (χ0n) is 32.5. The Morgan fingerprint density at radius 3 is 1.25 bits per heavy atom. The Labute approximate surface area is 311 Å². The van der Waals surface area contributed by atoms with E-state index in [-0.39, 0.29) is 43.2 Å². The van der Waals surface area contributed by atoms with E-state index in [9.17, 15) is 29.3 Å². The summed E-state index contributed by atoms with van der Waals surface area (Å²) in [5.74, 6) is 0.218. The molecule has 2 rings (SSSR count). The summed E-state index contributed by atoms with van der Waals surface area (Å²) in [7, 11) is 4.78. The summed E-state index contributed by atoms with van der Waals surface area (Å²) in [5.41, 5.74) is 6.64. The third-order valence-electron chi connectivity index (χ3n) is 7.68. The van der Waals surface area contributed by atoms with Crippen LogP contribution in [0.15, 0.2) is 24.3 Å². The minimum atomic E-state index is -1.02. The highest BCUT2D eigenvalue weighted by Crippen LogP contribution is 2.42. The van der Waals surface area contributed by atoms with Crippen molar-refractivity contribution in [1.29, 1.82) is 0 Å². The minimum Gasteiger partial charge on any atom is -0.438 e. The average Bonchev–Trinajstić information content (AvgIpc) is 3.04. The lowest BCUT2D eigenvalue weighted by atomic mass is 9.78. The van der Waals surface area contributed by atoms with E-state index in [0.717, 1.165) is 12.7 Å². The fourth-order valence-corrected chi connectivity index (χ4v) is 4.81. The van der Waals surface area contributed by atoms with Crippen LogP contribution in [0.4, 0.5) is 30.6 Å². The molecular weight excluding hydrogens is 696 g/mol. The van der Waals surface area contributed by atoms with Crippen LogP contribution >= 0.6 is 0 Å². The molecule has 298 valence electrons. The fourth-order valence-electron chi connectivity index (χ4n) is 4.81. The van der Waals surface area contributed by atoms with Crippen LogP contribution in [0.3, 0.4) is 0 Å². The second-order valence-electron chi connectivity index (χ2n) is 14.9. The van der Waals surface area contributed by atoms with Crippen LogP contribution in [0, 0.1) is 10.1 Å². The number of ether oxygens (including phenoxy) is 8. The number of carbonyl (C=O) groups excluding carboxylic acids is 4. The number of hydrogen-bond donors (Lipinski definition) is 1. The quantitative estimate of drug-likeness (QED) is 0.0635. The van der Waals surface area contributed by atoms with E-state index in [1.165, 1.54) is 27.4 Å². The number of anilines is 1. The van der Waals surface area contributed by atoms with Crippen molar-refractivity contribution in [3.63, 3.8) is 0 Å². The Hall–Kier alpha value is -5.28. The maximum absolute atomic E-state index is 11.6. The van der Waals surface area contributed by atoms with Crippen molar-refractivity contribution in [3.05, 3.63) is 56.6 Å². The van der Waals surface area contributed by atoms with Gasteiger partial charge in [0, 0.05) is 39.3 Å². The number of methoxy groups -OCH3 is 4. The molecule has 0 aliphatic carbocycles. The molecule has 0 heterocycles. The summed E-state index contributed by atoms with van der Waals surface area (Å²) in [4.78, 5) is 56.8. The Morgan fingerprint density at radius 1 is 0.585 bits per heavy atom. The van der Waals surface area contributed by atoms with Crippen LogP contribution in [0.25, 0.3) is 0 Å². The van der Waals surface area contributed by atoms with Gasteiger partial charge >= 0.3 is 24.6 Å². The summed E-state index contributed by atoms with van der Waals surface area (Å²) >= 11 is 0. The van der Waals surface area contributed by atoms with E-state index < -0.39 is 45.8 Å². The van der Waals surface area contributed by atoms with Crippen molar-refractivity contribution in [3.8, 4) is 11.5 Å². The van der Waals surface area contributed by atoms with Crippen molar-refractivity contribution in [2.24, 2.45) is 0 Å². The monoisotopic (exact) mass is 752 g/mol. The van der Waals surface area contributed by atoms with Crippen LogP contribution in [0.1, 0.15) is 98.9 Å². The van der Waals surface area contributed by atoms with E-state index in [1.54, 1.807) is 26.0 Å². The second-order valence-corrected chi connectivity index (χ2v) is 14.9. The van der Waals surface area contributed by atoms with Crippen molar-refractivity contribution < 1.29 is 62.0 Å². The van der Waals surface area contributed by atoms with Crippen LogP contribution < -0.4 is 15.2 Å². The molecule has 0 saturated heterocycles. The summed E-state index contributed by atoms with van der Waals surface area (Å²) in [6.07, 6.45) is -3.51. The predicted molar refractivity (Wildman–Crippen MR) is 197 cm³/mol. The van der Waals surface area contributed by atoms with Crippen molar-refractivity contribution in [1.82, 2.24) is 0 Å². The number of nitro benzene ring substituents is 1. The fraction of sp³-hybridized carbons (Fsp3) is 0.568. The molecule has 53 heavy (non-hydrogen) atoms. The maximum Gasteiger partial charge on any atom is 0.513 e. The number of hydrogen-bond acceptors (Lipinski definition) is 15. The second kappa shape index (κ2) is 19.0. The molecule has 0 aliphatic rings. The minimum absolute atomic E-state index is 0. The number of rotatable bonds is 9. The molecule has 2 aromatic carbocycles. The van der Waals surface area contributed by atoms with E-state index in [0.29, 0.717) is 22.4 Å². The highest BCUT2D eigenvalue weighted by molar-refractivity contribution is 5.69. The van der Waals surface area contributed by atoms with Gasteiger partial charge in [0.1, 0.15) is 24.7 Å². The van der Waals surface area contributed by atoms with Gasteiger partial charge in [-0.05, 0) is 28.5 Å². The van der Waals surface area contributed by atoms with Gasteiger partial charge in [0.25, 0.3) is 5.69 Å². The number of nitrogens with zero attached hydrogens (tertiary/aromatic N) is 1. The Bertz CT molecular complexity index is 1620. The number of carbonyl (C=O) groups is 4. The largest absolute Gasteiger partial charge is 0.513 e. The lowest BCUT2D eigenvalue weighted by Crippen LogP contribution is -2.28. The van der Waals surface area contributed by atoms with Crippen LogP contribution in [-0.4, -0.2) is 71.2 Å². The highest BCUT2D eigenvalue weighted by atomic mass is 16.7. The van der Waals surface area contributed by atoms with Gasteiger partial charge < -0.3 is 43.6 Å². The first-order chi connectivity index (χ1) is 23.7. The molecule has 0 spiro atoms. The summed E-state index contributed by atoms with van der Waals surface area (Å²) in [6.45, 7) is 18.7. The topological polar surface area (TPSA) is 211 Å². The lowest BCUT2D eigenvalue weighted by molar-refractivity contribution is -0.386. The average molecular weight is 753 g/mol. The molecule has 0 saturated carbocycles. The molecule has 0 bridgehead atoms. The summed E-state index contributed by atoms with van der Waals surface area (Å²) in [6, 6.07) is 6.24. The van der Waals surface area contributed by atoms with Crippen molar-refractivity contribution in [2.45, 2.75) is 98.3 Å². The van der Waals surface area contributed by atoms with E-state index in [4.69, 9.17) is 24.7 Å². The highest BCUT2D eigenvalue weighted by Gasteiger charge is 2.35. The Kier molecular flexibility index (Phi) is 17.1. The summed E-state index contributed by atoms with van der Waals surface area (Å²) < 4.78 is 38.5. The molecule has 0 atom stereocenters. The molecule has 0 aromatic heterocycles. The molecule has 0 radical (unpaired) electrons. The summed E-state index contributed by atoms with van der Waals surface area (Å²) in [5, 5.41) is 11.5. The van der Waals surface area contributed by atoms with Gasteiger partial charge in [0.15, 0.2) is 0 Å². The SMILES string of the molecule is C.COC(=O)OCC(C)(C)c1cc(C(C)(C)C)c(N)cc1OC(=O)OC.COC(=O)OCC(C)(C)c1cc(C(C)(C)C)c([N+](=O)[O-])cc1OC(=O)OC. The van der Waals surface area contributed by atoms with Gasteiger partial charge in [0.2, 0.25) is 0 Å². The normalized spacial score (nSPS) is 11.4. The zero-order chi connectivity index (χ0) is 40.4. The zero-order valence-corrected chi connectivity index (χ0v) is 32.5. The molecule has 0 unspecified atom stereocenters. The van der Waals surface area contributed by atoms with Gasteiger partial charge in [0.05, 0.1) is 39.4 Å². The van der Waals surface area contributed by atoms with Gasteiger partial charge in [-0.25, -0.2) is 19.2 Å². The van der Waals surface area contributed by atoms with Gasteiger partial charge in [-0.2, -0.15) is 0 Å². The van der Waals surface area contributed by atoms with Crippen molar-refractivity contribution in [2.75, 3.05) is 47.4 Å². The maximum atomic E-state index is 11.6. The first kappa shape index (κ1) is 47.7. The number of nitrogens with two attached hydrogens (primary N) is 1. The van der Waals surface area contributed by atoms with E-state index in [2.05, 4.69) is 18.9 Å². The van der Waals surface area contributed by atoms with Crippen LogP contribution in [-0.2, 0) is 50.1 Å². The molecular formula is C37H56N2O14. The lowest BCUT2D eigenvalue weighted by Gasteiger charge is -2.30. The molecule has 16 heteroatoms. The smallest absolute Gasteiger partial charge is 0.438 e. The van der Waals surface area contributed by atoms with E-state index >= 15 is 0 Å². The first-order valence-electron chi connectivity index (χ1n) is 16.0. The predicted octanol–water partition coefficient (Wildman–Crippen LogP) is 8.51. The molecule has 2 N–H and O–H groups in total. The third-order valence-corrected chi connectivity index (χ3v) is 7.68. The Morgan fingerprint density at radius 2 is 0.925 bits per heavy atom. The molecule has 0 amide bonds. The van der Waals surface area contributed by atoms with Gasteiger partial charge in [-0.3, -0.25) is 10.1 Å². The standard InChI is InChI=1S/C18H25NO8.C18H27NO6.CH4/c1-17(2,3)11-8-12(18(4,5)10-26-15(20)24-6)14(27-16(21)25-7)9-13(11)19(22)23;1-17(2,3)11-8-12(18(4,5)10-24-15(20)22-6)14(9-13(11)19)25-16(21)23-7;/h8-9H,10H2,1-7H3;8-9H,10,19H2,1-7H3;1H4. The number of nitrogen functional groups attached to an aromatic ring is 1. The van der Waals surface area contributed by atoms with Crippen LogP contribution in [0.2, 0.25) is 0 Å². The first-order valence-corrected chi connectivity index (χ1v) is 16.0. The van der Waals surface area contributed by atoms with E-state index in [1.807, 2.05) is 61.5 Å². The van der Waals surface area contributed by atoms with Gasteiger partial charge in [-0.15, -0.1) is 0 Å². The molecule has 0 fully saturated rings. The number of nitro groups is 1. The molecule has 16 nitrogen and oxygen atoms in total. The number of benzene rings is 2. The molecule has 0 aliphatic heterocycles. The third kappa shape index (κ3) is 13.7. The molecule has 2 aromatic rings. The van der Waals surface area contributed by atoms with Crippen molar-refractivity contribution >= 4 is 36.0 Å².